The fraction of sp³-hybridized carbons (Fsp3) is 0.480. The van der Waals surface area contributed by atoms with Crippen LogP contribution in [0.15, 0.2) is 36.4 Å². The monoisotopic (exact) mass is 554 g/mol. The molecular weight excluding hydrogens is 523 g/mol. The smallest absolute Gasteiger partial charge is 0.271 e. The van der Waals surface area contributed by atoms with Gasteiger partial charge in [-0.05, 0) is 64.1 Å². The van der Waals surface area contributed by atoms with Gasteiger partial charge in [0, 0.05) is 18.7 Å². The molecule has 2 atom stereocenters. The van der Waals surface area contributed by atoms with Crippen LogP contribution in [0.25, 0.3) is 0 Å². The number of fused-ring (bicyclic) bond motifs is 1. The summed E-state index contributed by atoms with van der Waals surface area (Å²) in [6.07, 6.45) is -1.47. The van der Waals surface area contributed by atoms with Crippen molar-refractivity contribution in [3.63, 3.8) is 0 Å². The quantitative estimate of drug-likeness (QED) is 0.389. The van der Waals surface area contributed by atoms with E-state index in [9.17, 15) is 4.79 Å². The summed E-state index contributed by atoms with van der Waals surface area (Å²) in [6.45, 7) is 11.5. The number of Topliss-reactive ketones (excluding diaryl/α,β-unsaturated/α-hetero) is 1. The molecule has 1 aliphatic heterocycles. The Balaban J connectivity index is 2.29. The number of halogens is 1. The predicted molar refractivity (Wildman–Crippen MR) is 131 cm³/mol. The van der Waals surface area contributed by atoms with E-state index in [2.05, 4.69) is 22.6 Å². The lowest BCUT2D eigenvalue weighted by molar-refractivity contribution is -0.242. The number of benzene rings is 2. The van der Waals surface area contributed by atoms with Crippen molar-refractivity contribution in [2.75, 3.05) is 7.11 Å². The van der Waals surface area contributed by atoms with Crippen LogP contribution >= 0.6 is 22.6 Å². The summed E-state index contributed by atoms with van der Waals surface area (Å²) in [7, 11) is 1.52. The molecule has 6 nitrogen and oxygen atoms in total. The van der Waals surface area contributed by atoms with Crippen molar-refractivity contribution in [3.05, 3.63) is 51.1 Å². The van der Waals surface area contributed by atoms with Crippen LogP contribution in [0.3, 0.4) is 0 Å². The minimum absolute atomic E-state index is 0.0638. The Kier molecular flexibility index (Phi) is 7.73. The molecule has 3 rings (SSSR count). The molecule has 0 saturated heterocycles. The van der Waals surface area contributed by atoms with Crippen molar-refractivity contribution in [1.82, 2.24) is 0 Å². The number of carbonyl (C=O) groups excluding carboxylic acids is 1. The van der Waals surface area contributed by atoms with E-state index >= 15 is 0 Å². The highest BCUT2D eigenvalue weighted by Crippen LogP contribution is 2.49. The van der Waals surface area contributed by atoms with Crippen LogP contribution in [-0.4, -0.2) is 37.3 Å². The lowest BCUT2D eigenvalue weighted by Crippen LogP contribution is -2.55. The van der Waals surface area contributed by atoms with Crippen LogP contribution in [0.4, 0.5) is 0 Å². The highest BCUT2D eigenvalue weighted by molar-refractivity contribution is 14.1. The number of carbonyl (C=O) groups is 1. The Labute approximate surface area is 203 Å². The van der Waals surface area contributed by atoms with Crippen LogP contribution in [-0.2, 0) is 15.3 Å². The number of ketones is 1. The molecule has 0 fully saturated rings. The first-order valence-corrected chi connectivity index (χ1v) is 11.9. The molecule has 2 unspecified atom stereocenters. The highest BCUT2D eigenvalue weighted by Gasteiger charge is 2.55. The van der Waals surface area contributed by atoms with Crippen LogP contribution < -0.4 is 14.2 Å². The average Bonchev–Trinajstić information content (AvgIpc) is 2.72. The van der Waals surface area contributed by atoms with Gasteiger partial charge < -0.3 is 23.7 Å². The van der Waals surface area contributed by atoms with Gasteiger partial charge in [0.15, 0.2) is 11.9 Å². The zero-order valence-electron chi connectivity index (χ0n) is 19.6. The summed E-state index contributed by atoms with van der Waals surface area (Å²) < 4.78 is 31.4. The molecule has 0 bridgehead atoms. The van der Waals surface area contributed by atoms with E-state index in [-0.39, 0.29) is 24.1 Å². The molecule has 0 amide bonds. The van der Waals surface area contributed by atoms with Gasteiger partial charge in [0.2, 0.25) is 5.78 Å². The molecule has 2 aromatic carbocycles. The summed E-state index contributed by atoms with van der Waals surface area (Å²) in [5.74, 6) is -0.337. The molecule has 0 N–H and O–H groups in total. The second-order valence-corrected chi connectivity index (χ2v) is 9.57. The standard InChI is InChI=1S/C25H31IO6/c1-14(2)29-19-13-18-20(23(21(19)26)30-15(3)4)22(27)24(31-16(5)6)25(28-7,32-18)17-11-9-8-10-12-17/h8-16,24H,1-7H3. The summed E-state index contributed by atoms with van der Waals surface area (Å²) in [4.78, 5) is 14.0. The van der Waals surface area contributed by atoms with E-state index in [0.29, 0.717) is 31.9 Å². The van der Waals surface area contributed by atoms with Gasteiger partial charge in [0.05, 0.1) is 21.9 Å². The number of hydrogen-bond donors (Lipinski definition) is 0. The molecule has 0 spiro atoms. The van der Waals surface area contributed by atoms with Crippen molar-refractivity contribution in [2.24, 2.45) is 0 Å². The Morgan fingerprint density at radius 2 is 1.59 bits per heavy atom. The highest BCUT2D eigenvalue weighted by atomic mass is 127. The topological polar surface area (TPSA) is 63.2 Å². The van der Waals surface area contributed by atoms with E-state index in [4.69, 9.17) is 23.7 Å². The minimum atomic E-state index is -1.45. The molecule has 0 aliphatic carbocycles. The summed E-state index contributed by atoms with van der Waals surface area (Å²) in [5.41, 5.74) is 1.02. The van der Waals surface area contributed by atoms with Crippen LogP contribution in [0.5, 0.6) is 17.2 Å². The second kappa shape index (κ2) is 9.97. The van der Waals surface area contributed by atoms with E-state index < -0.39 is 11.9 Å². The van der Waals surface area contributed by atoms with Crippen LogP contribution in [0.1, 0.15) is 57.5 Å². The molecule has 1 heterocycles. The first-order chi connectivity index (χ1) is 15.1. The first-order valence-electron chi connectivity index (χ1n) is 10.8. The Bertz CT molecular complexity index is 957. The van der Waals surface area contributed by atoms with E-state index in [1.165, 1.54) is 7.11 Å². The summed E-state index contributed by atoms with van der Waals surface area (Å²) in [5, 5.41) is 0. The van der Waals surface area contributed by atoms with Gasteiger partial charge in [-0.1, -0.05) is 30.3 Å². The Morgan fingerprint density at radius 1 is 0.969 bits per heavy atom. The van der Waals surface area contributed by atoms with Gasteiger partial charge in [-0.15, -0.1) is 0 Å². The maximum atomic E-state index is 14.0. The minimum Gasteiger partial charge on any atom is -0.490 e. The van der Waals surface area contributed by atoms with Gasteiger partial charge >= 0.3 is 0 Å². The third-order valence-electron chi connectivity index (χ3n) is 4.85. The van der Waals surface area contributed by atoms with Crippen molar-refractivity contribution in [2.45, 2.75) is 71.7 Å². The zero-order valence-corrected chi connectivity index (χ0v) is 21.8. The van der Waals surface area contributed by atoms with Crippen molar-refractivity contribution in [1.29, 1.82) is 0 Å². The number of rotatable bonds is 8. The fourth-order valence-corrected chi connectivity index (χ4v) is 4.36. The van der Waals surface area contributed by atoms with E-state index in [1.807, 2.05) is 71.9 Å². The largest absolute Gasteiger partial charge is 0.490 e. The van der Waals surface area contributed by atoms with Crippen LogP contribution in [0.2, 0.25) is 0 Å². The summed E-state index contributed by atoms with van der Waals surface area (Å²) >= 11 is 2.16. The molecular formula is C25H31IO6. The average molecular weight is 554 g/mol. The molecule has 7 heteroatoms. The number of ether oxygens (including phenoxy) is 5. The number of methoxy groups -OCH3 is 1. The van der Waals surface area contributed by atoms with Gasteiger partial charge in [-0.2, -0.15) is 0 Å². The van der Waals surface area contributed by atoms with Gasteiger partial charge in [0.1, 0.15) is 17.1 Å². The molecule has 174 valence electrons. The second-order valence-electron chi connectivity index (χ2n) is 8.49. The maximum Gasteiger partial charge on any atom is 0.271 e. The van der Waals surface area contributed by atoms with Gasteiger partial charge in [-0.25, -0.2) is 0 Å². The normalized spacial score (nSPS) is 20.5. The van der Waals surface area contributed by atoms with E-state index in [0.717, 1.165) is 0 Å². The third kappa shape index (κ3) is 4.75. The van der Waals surface area contributed by atoms with Crippen molar-refractivity contribution < 1.29 is 28.5 Å². The van der Waals surface area contributed by atoms with Crippen LogP contribution in [0, 0.1) is 3.57 Å². The molecule has 32 heavy (non-hydrogen) atoms. The predicted octanol–water partition coefficient (Wildman–Crippen LogP) is 5.73. The first kappa shape index (κ1) is 24.8. The van der Waals surface area contributed by atoms with Gasteiger partial charge in [0.25, 0.3) is 5.79 Å². The lowest BCUT2D eigenvalue weighted by Gasteiger charge is -2.43. The fourth-order valence-electron chi connectivity index (χ4n) is 3.68. The maximum absolute atomic E-state index is 14.0. The third-order valence-corrected chi connectivity index (χ3v) is 5.87. The zero-order chi connectivity index (χ0) is 23.6. The molecule has 2 aromatic rings. The molecule has 1 aliphatic rings. The number of hydrogen-bond acceptors (Lipinski definition) is 6. The molecule has 0 radical (unpaired) electrons. The Hall–Kier alpha value is -1.84. The summed E-state index contributed by atoms with van der Waals surface area (Å²) in [6, 6.07) is 11.1. The lowest BCUT2D eigenvalue weighted by atomic mass is 9.89. The van der Waals surface area contributed by atoms with Crippen molar-refractivity contribution in [3.8, 4) is 17.2 Å². The molecule has 0 saturated carbocycles. The molecule has 0 aromatic heterocycles. The van der Waals surface area contributed by atoms with Gasteiger partial charge in [-0.3, -0.25) is 4.79 Å². The SMILES string of the molecule is COC1(c2ccccc2)Oc2cc(OC(C)C)c(I)c(OC(C)C)c2C(=O)C1OC(C)C. The van der Waals surface area contributed by atoms with E-state index in [1.54, 1.807) is 6.07 Å². The van der Waals surface area contributed by atoms with Crippen molar-refractivity contribution >= 4 is 28.4 Å². The Morgan fingerprint density at radius 3 is 2.12 bits per heavy atom.